The molecule has 0 fully saturated rings. The Balaban J connectivity index is 2.11. The monoisotopic (exact) mass is 406 g/mol. The number of aromatic nitrogens is 2. The quantitative estimate of drug-likeness (QED) is 0.331. The fourth-order valence-electron chi connectivity index (χ4n) is 3.40. The summed E-state index contributed by atoms with van der Waals surface area (Å²) in [5, 5.41) is 0. The Morgan fingerprint density at radius 3 is 2.67 bits per heavy atom. The summed E-state index contributed by atoms with van der Waals surface area (Å²) in [6.45, 7) is 9.17. The number of aryl methyl sites for hydroxylation is 1. The number of hydrogen-bond donors (Lipinski definition) is 1. The highest BCUT2D eigenvalue weighted by atomic mass is 16.5. The first-order valence-corrected chi connectivity index (χ1v) is 10.6. The van der Waals surface area contributed by atoms with Crippen molar-refractivity contribution in [3.05, 3.63) is 53.6 Å². The first-order chi connectivity index (χ1) is 14.4. The molecule has 0 atom stereocenters. The Bertz CT molecular complexity index is 1070. The highest BCUT2D eigenvalue weighted by Gasteiger charge is 2.16. The molecule has 0 radical (unpaired) electrons. The maximum atomic E-state index is 12.2. The molecule has 2 aromatic carbocycles. The number of hydrogen-bond acceptors (Lipinski definition) is 4. The number of unbranched alkanes of at least 4 members (excludes halogenated alkanes) is 1. The van der Waals surface area contributed by atoms with Crippen LogP contribution in [0.2, 0.25) is 0 Å². The molecule has 0 aliphatic heterocycles. The van der Waals surface area contributed by atoms with Gasteiger partial charge in [0, 0.05) is 23.7 Å². The average molecular weight is 407 g/mol. The number of fused-ring (bicyclic) bond motifs is 1. The molecule has 30 heavy (non-hydrogen) atoms. The summed E-state index contributed by atoms with van der Waals surface area (Å²) >= 11 is 0. The van der Waals surface area contributed by atoms with Crippen molar-refractivity contribution >= 4 is 22.8 Å². The number of nitrogens with zero attached hydrogens (tertiary/aromatic N) is 3. The van der Waals surface area contributed by atoms with E-state index in [9.17, 15) is 4.79 Å². The molecule has 0 aliphatic rings. The predicted molar refractivity (Wildman–Crippen MR) is 122 cm³/mol. The number of carbonyl (C=O) groups excluding carboxylic acids is 1. The minimum atomic E-state index is -0.324. The van der Waals surface area contributed by atoms with Crippen LogP contribution in [0.3, 0.4) is 0 Å². The lowest BCUT2D eigenvalue weighted by atomic mass is 10.1. The van der Waals surface area contributed by atoms with Crippen molar-refractivity contribution in [2.45, 2.75) is 53.1 Å². The summed E-state index contributed by atoms with van der Waals surface area (Å²) in [4.78, 5) is 21.5. The number of benzene rings is 2. The van der Waals surface area contributed by atoms with Crippen molar-refractivity contribution in [3.8, 4) is 11.4 Å². The van der Waals surface area contributed by atoms with Gasteiger partial charge in [-0.25, -0.2) is 9.78 Å². The minimum absolute atomic E-state index is 0.129. The summed E-state index contributed by atoms with van der Waals surface area (Å²) in [6.07, 6.45) is 2.11. The molecular formula is C24H30N4O2. The number of nitrogens with two attached hydrogens (primary N) is 1. The Labute approximate surface area is 177 Å². The number of carbonyl (C=O) groups is 1. The highest BCUT2D eigenvalue weighted by molar-refractivity contribution is 6.00. The highest BCUT2D eigenvalue weighted by Crippen LogP contribution is 2.27. The SMILES string of the molecule is CCCCn1c(-c2cccc(C(=O)OCC)c2)nc2cc(C(N)=NC(C)C)ccc21. The van der Waals surface area contributed by atoms with Gasteiger partial charge in [0.1, 0.15) is 11.7 Å². The van der Waals surface area contributed by atoms with Crippen molar-refractivity contribution in [3.63, 3.8) is 0 Å². The summed E-state index contributed by atoms with van der Waals surface area (Å²) in [6, 6.07) is 13.6. The third-order valence-corrected chi connectivity index (χ3v) is 4.81. The van der Waals surface area contributed by atoms with Crippen LogP contribution in [0.15, 0.2) is 47.5 Å². The Morgan fingerprint density at radius 2 is 1.97 bits per heavy atom. The van der Waals surface area contributed by atoms with Gasteiger partial charge in [0.05, 0.1) is 23.2 Å². The van der Waals surface area contributed by atoms with Crippen LogP contribution in [0.5, 0.6) is 0 Å². The molecule has 0 saturated carbocycles. The van der Waals surface area contributed by atoms with Crippen LogP contribution in [0.4, 0.5) is 0 Å². The molecule has 0 amide bonds. The molecule has 0 aliphatic carbocycles. The molecule has 158 valence electrons. The molecule has 0 spiro atoms. The second kappa shape index (κ2) is 9.57. The average Bonchev–Trinajstić information content (AvgIpc) is 3.09. The van der Waals surface area contributed by atoms with Gasteiger partial charge in [-0.1, -0.05) is 25.5 Å². The standard InChI is InChI=1S/C24H30N4O2/c1-5-7-13-28-21-12-11-17(22(25)26-16(3)4)15-20(21)27-23(28)18-9-8-10-19(14-18)24(29)30-6-2/h8-12,14-16H,5-7,13H2,1-4H3,(H2,25,26). The van der Waals surface area contributed by atoms with E-state index < -0.39 is 0 Å². The third kappa shape index (κ3) is 4.70. The van der Waals surface area contributed by atoms with Crippen LogP contribution >= 0.6 is 0 Å². The topological polar surface area (TPSA) is 82.5 Å². The summed E-state index contributed by atoms with van der Waals surface area (Å²) in [5.41, 5.74) is 10.4. The number of amidine groups is 1. The first-order valence-electron chi connectivity index (χ1n) is 10.6. The molecule has 0 bridgehead atoms. The lowest BCUT2D eigenvalue weighted by molar-refractivity contribution is 0.0526. The van der Waals surface area contributed by atoms with E-state index in [0.29, 0.717) is 18.0 Å². The molecule has 0 saturated heterocycles. The fourth-order valence-corrected chi connectivity index (χ4v) is 3.40. The normalized spacial score (nSPS) is 12.0. The van der Waals surface area contributed by atoms with Gasteiger partial charge in [-0.2, -0.15) is 0 Å². The van der Waals surface area contributed by atoms with Crippen LogP contribution < -0.4 is 5.73 Å². The molecule has 3 aromatic rings. The van der Waals surface area contributed by atoms with Gasteiger partial charge < -0.3 is 15.0 Å². The van der Waals surface area contributed by atoms with E-state index in [0.717, 1.165) is 47.4 Å². The van der Waals surface area contributed by atoms with Gasteiger partial charge in [0.15, 0.2) is 0 Å². The number of imidazole rings is 1. The lowest BCUT2D eigenvalue weighted by Crippen LogP contribution is -2.15. The number of ether oxygens (including phenoxy) is 1. The number of aliphatic imine (C=N–C) groups is 1. The van der Waals surface area contributed by atoms with Crippen LogP contribution in [0.25, 0.3) is 22.4 Å². The summed E-state index contributed by atoms with van der Waals surface area (Å²) in [7, 11) is 0. The molecule has 1 heterocycles. The predicted octanol–water partition coefficient (Wildman–Crippen LogP) is 4.79. The van der Waals surface area contributed by atoms with E-state index in [2.05, 4.69) is 22.5 Å². The van der Waals surface area contributed by atoms with Gasteiger partial charge in [-0.05, 0) is 57.5 Å². The van der Waals surface area contributed by atoms with Crippen LogP contribution in [0, 0.1) is 0 Å². The maximum absolute atomic E-state index is 12.2. The lowest BCUT2D eigenvalue weighted by Gasteiger charge is -2.10. The van der Waals surface area contributed by atoms with Gasteiger partial charge in [0.25, 0.3) is 0 Å². The maximum Gasteiger partial charge on any atom is 0.338 e. The second-order valence-corrected chi connectivity index (χ2v) is 7.55. The fraction of sp³-hybridized carbons (Fsp3) is 0.375. The van der Waals surface area contributed by atoms with Crippen LogP contribution in [-0.4, -0.2) is 34.0 Å². The number of rotatable bonds is 8. The Hall–Kier alpha value is -3.15. The van der Waals surface area contributed by atoms with E-state index in [1.165, 1.54) is 0 Å². The van der Waals surface area contributed by atoms with Gasteiger partial charge in [0.2, 0.25) is 0 Å². The zero-order chi connectivity index (χ0) is 21.7. The third-order valence-electron chi connectivity index (χ3n) is 4.81. The van der Waals surface area contributed by atoms with E-state index in [1.54, 1.807) is 13.0 Å². The van der Waals surface area contributed by atoms with Gasteiger partial charge in [-0.3, -0.25) is 4.99 Å². The molecule has 2 N–H and O–H groups in total. The van der Waals surface area contributed by atoms with Gasteiger partial charge >= 0.3 is 5.97 Å². The van der Waals surface area contributed by atoms with Crippen LogP contribution in [-0.2, 0) is 11.3 Å². The number of esters is 1. The molecule has 6 nitrogen and oxygen atoms in total. The zero-order valence-corrected chi connectivity index (χ0v) is 18.2. The van der Waals surface area contributed by atoms with E-state index in [1.807, 2.05) is 44.2 Å². The van der Waals surface area contributed by atoms with Crippen molar-refractivity contribution in [1.82, 2.24) is 9.55 Å². The molecule has 6 heteroatoms. The second-order valence-electron chi connectivity index (χ2n) is 7.55. The summed E-state index contributed by atoms with van der Waals surface area (Å²) < 4.78 is 7.36. The molecule has 1 aromatic heterocycles. The van der Waals surface area contributed by atoms with E-state index in [-0.39, 0.29) is 12.0 Å². The molecule has 0 unspecified atom stereocenters. The Morgan fingerprint density at radius 1 is 1.17 bits per heavy atom. The van der Waals surface area contributed by atoms with Crippen LogP contribution in [0.1, 0.15) is 56.5 Å². The van der Waals surface area contributed by atoms with Crippen molar-refractivity contribution in [1.29, 1.82) is 0 Å². The molecule has 3 rings (SSSR count). The van der Waals surface area contributed by atoms with Crippen molar-refractivity contribution < 1.29 is 9.53 Å². The summed E-state index contributed by atoms with van der Waals surface area (Å²) in [5.74, 6) is 1.03. The smallest absolute Gasteiger partial charge is 0.338 e. The zero-order valence-electron chi connectivity index (χ0n) is 18.2. The minimum Gasteiger partial charge on any atom is -0.462 e. The molecular weight excluding hydrogens is 376 g/mol. The van der Waals surface area contributed by atoms with Crippen molar-refractivity contribution in [2.24, 2.45) is 10.7 Å². The van der Waals surface area contributed by atoms with E-state index in [4.69, 9.17) is 15.5 Å². The Kier molecular flexibility index (Phi) is 6.87. The largest absolute Gasteiger partial charge is 0.462 e. The first kappa shape index (κ1) is 21.6. The van der Waals surface area contributed by atoms with Gasteiger partial charge in [-0.15, -0.1) is 0 Å². The van der Waals surface area contributed by atoms with Crippen molar-refractivity contribution in [2.75, 3.05) is 6.61 Å². The van der Waals surface area contributed by atoms with E-state index >= 15 is 0 Å².